The molecule has 0 radical (unpaired) electrons. The van der Waals surface area contributed by atoms with Crippen molar-refractivity contribution in [2.24, 2.45) is 10.9 Å². The summed E-state index contributed by atoms with van der Waals surface area (Å²) in [6, 6.07) is 12.3. The number of benzene rings is 2. The van der Waals surface area contributed by atoms with Gasteiger partial charge in [-0.05, 0) is 31.5 Å². The van der Waals surface area contributed by atoms with Crippen molar-refractivity contribution in [3.8, 4) is 0 Å². The summed E-state index contributed by atoms with van der Waals surface area (Å²) in [5.41, 5.74) is 0.365. The van der Waals surface area contributed by atoms with Crippen LogP contribution in [0, 0.1) is 24.5 Å². The topological polar surface area (TPSA) is 76.7 Å². The number of amides is 1. The predicted octanol–water partition coefficient (Wildman–Crippen LogP) is 4.77. The molecule has 0 aliphatic carbocycles. The average molecular weight is 470 g/mol. The number of halogens is 2. The van der Waals surface area contributed by atoms with Gasteiger partial charge in [-0.3, -0.25) is 4.79 Å². The highest BCUT2D eigenvalue weighted by molar-refractivity contribution is 8.13. The summed E-state index contributed by atoms with van der Waals surface area (Å²) >= 11 is 1.39. The van der Waals surface area contributed by atoms with Crippen LogP contribution in [0.4, 0.5) is 8.78 Å². The number of thioether (sulfide) groups is 1. The fraction of sp³-hybridized carbons (Fsp3) is 0.292. The minimum absolute atomic E-state index is 0.0393. The number of nitrogens with zero attached hydrogens (tertiary/aromatic N) is 2. The second-order valence-corrected chi connectivity index (χ2v) is 9.16. The number of aliphatic imine (C=N–C) groups is 1. The number of hydrogen-bond donors (Lipinski definition) is 1. The molecular weight excluding hydrogens is 448 g/mol. The van der Waals surface area contributed by atoms with E-state index >= 15 is 0 Å². The van der Waals surface area contributed by atoms with Gasteiger partial charge in [0, 0.05) is 28.9 Å². The molecule has 1 fully saturated rings. The third-order valence-electron chi connectivity index (χ3n) is 5.97. The SMILES string of the molecule is Cc1coc([C@H]2C[C@H]3CSC(NC(=O)c4ccccc4)=N[C@@]3(c3ccc(F)cc3F)CO2)n1. The molecule has 1 aromatic heterocycles. The lowest BCUT2D eigenvalue weighted by atomic mass is 9.75. The first-order valence-electron chi connectivity index (χ1n) is 10.5. The van der Waals surface area contributed by atoms with Crippen LogP contribution in [0.25, 0.3) is 0 Å². The first-order chi connectivity index (χ1) is 15.9. The van der Waals surface area contributed by atoms with Crippen LogP contribution in [0.3, 0.4) is 0 Å². The smallest absolute Gasteiger partial charge is 0.257 e. The Labute approximate surface area is 193 Å². The van der Waals surface area contributed by atoms with Gasteiger partial charge in [-0.1, -0.05) is 36.0 Å². The van der Waals surface area contributed by atoms with Crippen molar-refractivity contribution in [1.29, 1.82) is 0 Å². The van der Waals surface area contributed by atoms with Crippen LogP contribution in [0.15, 0.2) is 64.2 Å². The fourth-order valence-corrected chi connectivity index (χ4v) is 5.47. The van der Waals surface area contributed by atoms with E-state index in [9.17, 15) is 13.6 Å². The molecule has 1 saturated heterocycles. The van der Waals surface area contributed by atoms with E-state index in [0.29, 0.717) is 28.8 Å². The summed E-state index contributed by atoms with van der Waals surface area (Å²) in [5, 5.41) is 3.20. The van der Waals surface area contributed by atoms with Crippen molar-refractivity contribution in [2.45, 2.75) is 25.0 Å². The lowest BCUT2D eigenvalue weighted by molar-refractivity contribution is -0.0698. The van der Waals surface area contributed by atoms with E-state index in [1.54, 1.807) is 30.5 Å². The molecular formula is C24H21F2N3O3S. The standard InChI is InChI=1S/C24H21F2N3O3S/c1-14-11-31-22(27-14)20-9-16-12-33-23(28-21(30)15-5-3-2-4-6-15)29-24(16,13-32-20)18-8-7-17(25)10-19(18)26/h2-8,10-11,16,20H,9,12-13H2,1H3,(H,28,29,30)/t16-,20+,24-/m0/s1. The van der Waals surface area contributed by atoms with E-state index in [-0.39, 0.29) is 24.0 Å². The lowest BCUT2D eigenvalue weighted by Gasteiger charge is -2.46. The quantitative estimate of drug-likeness (QED) is 0.598. The fourth-order valence-electron chi connectivity index (χ4n) is 4.30. The zero-order valence-corrected chi connectivity index (χ0v) is 18.6. The molecule has 0 unspecified atom stereocenters. The summed E-state index contributed by atoms with van der Waals surface area (Å²) in [5.74, 6) is -0.785. The molecule has 3 heterocycles. The Balaban J connectivity index is 1.50. The van der Waals surface area contributed by atoms with Crippen molar-refractivity contribution in [1.82, 2.24) is 10.3 Å². The predicted molar refractivity (Wildman–Crippen MR) is 120 cm³/mol. The van der Waals surface area contributed by atoms with Gasteiger partial charge < -0.3 is 14.5 Å². The van der Waals surface area contributed by atoms with Crippen LogP contribution in [0.2, 0.25) is 0 Å². The third kappa shape index (κ3) is 4.18. The van der Waals surface area contributed by atoms with Gasteiger partial charge in [0.2, 0.25) is 5.89 Å². The zero-order chi connectivity index (χ0) is 23.0. The van der Waals surface area contributed by atoms with Crippen LogP contribution in [-0.2, 0) is 10.3 Å². The highest BCUT2D eigenvalue weighted by Crippen LogP contribution is 2.49. The maximum Gasteiger partial charge on any atom is 0.257 e. The molecule has 0 bridgehead atoms. The number of rotatable bonds is 3. The van der Waals surface area contributed by atoms with E-state index in [1.807, 2.05) is 13.0 Å². The number of oxazole rings is 1. The third-order valence-corrected chi connectivity index (χ3v) is 7.00. The van der Waals surface area contributed by atoms with Gasteiger partial charge in [-0.25, -0.2) is 18.8 Å². The molecule has 33 heavy (non-hydrogen) atoms. The summed E-state index contributed by atoms with van der Waals surface area (Å²) in [4.78, 5) is 21.9. The molecule has 9 heteroatoms. The first-order valence-corrected chi connectivity index (χ1v) is 11.5. The van der Waals surface area contributed by atoms with Crippen molar-refractivity contribution in [3.63, 3.8) is 0 Å². The Morgan fingerprint density at radius 2 is 2.03 bits per heavy atom. The number of fused-ring (bicyclic) bond motifs is 1. The first kappa shape index (κ1) is 21.8. The van der Waals surface area contributed by atoms with E-state index in [1.165, 1.54) is 23.9 Å². The highest BCUT2D eigenvalue weighted by atomic mass is 32.2. The number of aryl methyl sites for hydroxylation is 1. The maximum atomic E-state index is 15.0. The largest absolute Gasteiger partial charge is 0.446 e. The normalized spacial score (nSPS) is 24.6. The van der Waals surface area contributed by atoms with Gasteiger partial charge in [-0.2, -0.15) is 0 Å². The Hall–Kier alpha value is -3.04. The zero-order valence-electron chi connectivity index (χ0n) is 17.8. The second-order valence-electron chi connectivity index (χ2n) is 8.16. The molecule has 2 aromatic carbocycles. The number of aromatic nitrogens is 1. The van der Waals surface area contributed by atoms with Crippen LogP contribution >= 0.6 is 11.8 Å². The molecule has 2 aliphatic rings. The summed E-state index contributed by atoms with van der Waals surface area (Å²) in [6.45, 7) is 1.87. The van der Waals surface area contributed by atoms with Crippen molar-refractivity contribution in [2.75, 3.05) is 12.4 Å². The molecule has 0 saturated carbocycles. The summed E-state index contributed by atoms with van der Waals surface area (Å²) in [7, 11) is 0. The van der Waals surface area contributed by atoms with E-state index < -0.39 is 23.3 Å². The number of carbonyl (C=O) groups excluding carboxylic acids is 1. The van der Waals surface area contributed by atoms with E-state index in [0.717, 1.165) is 11.8 Å². The van der Waals surface area contributed by atoms with E-state index in [4.69, 9.17) is 14.1 Å². The van der Waals surface area contributed by atoms with Crippen molar-refractivity contribution >= 4 is 22.8 Å². The number of ether oxygens (including phenoxy) is 1. The van der Waals surface area contributed by atoms with Gasteiger partial charge >= 0.3 is 0 Å². The minimum Gasteiger partial charge on any atom is -0.446 e. The van der Waals surface area contributed by atoms with Gasteiger partial charge in [0.15, 0.2) is 5.17 Å². The molecule has 3 atom stereocenters. The number of amidine groups is 1. The maximum absolute atomic E-state index is 15.0. The Bertz CT molecular complexity index is 1220. The van der Waals surface area contributed by atoms with E-state index in [2.05, 4.69) is 10.3 Å². The number of hydrogen-bond acceptors (Lipinski definition) is 6. The molecule has 6 nitrogen and oxygen atoms in total. The van der Waals surface area contributed by atoms with Gasteiger partial charge in [0.25, 0.3) is 5.91 Å². The van der Waals surface area contributed by atoms with Crippen molar-refractivity contribution < 1.29 is 22.7 Å². The number of nitrogens with one attached hydrogen (secondary N) is 1. The highest BCUT2D eigenvalue weighted by Gasteiger charge is 2.50. The van der Waals surface area contributed by atoms with Crippen LogP contribution < -0.4 is 5.32 Å². The Morgan fingerprint density at radius 1 is 1.21 bits per heavy atom. The minimum atomic E-state index is -1.11. The lowest BCUT2D eigenvalue weighted by Crippen LogP contribution is -2.49. The summed E-state index contributed by atoms with van der Waals surface area (Å²) < 4.78 is 40.3. The molecule has 3 aromatic rings. The van der Waals surface area contributed by atoms with Gasteiger partial charge in [0.1, 0.15) is 29.5 Å². The van der Waals surface area contributed by atoms with Crippen LogP contribution in [0.1, 0.15) is 40.0 Å². The van der Waals surface area contributed by atoms with Crippen LogP contribution in [-0.4, -0.2) is 28.4 Å². The molecule has 170 valence electrons. The average Bonchev–Trinajstić information content (AvgIpc) is 3.25. The Morgan fingerprint density at radius 3 is 2.76 bits per heavy atom. The van der Waals surface area contributed by atoms with Gasteiger partial charge in [-0.15, -0.1) is 0 Å². The number of carbonyl (C=O) groups is 1. The monoisotopic (exact) mass is 469 g/mol. The Kier molecular flexibility index (Phi) is 5.76. The molecule has 2 aliphatic heterocycles. The molecule has 1 amide bonds. The second kappa shape index (κ2) is 8.72. The molecule has 5 rings (SSSR count). The molecule has 1 N–H and O–H groups in total. The van der Waals surface area contributed by atoms with Crippen molar-refractivity contribution in [3.05, 3.63) is 89.1 Å². The molecule has 0 spiro atoms. The summed E-state index contributed by atoms with van der Waals surface area (Å²) in [6.07, 6.45) is 1.66. The van der Waals surface area contributed by atoms with Gasteiger partial charge in [0.05, 0.1) is 12.3 Å². The van der Waals surface area contributed by atoms with Crippen LogP contribution in [0.5, 0.6) is 0 Å².